The lowest BCUT2D eigenvalue weighted by atomic mass is 9.90. The van der Waals surface area contributed by atoms with Crippen molar-refractivity contribution in [3.63, 3.8) is 0 Å². The third kappa shape index (κ3) is 4.95. The van der Waals surface area contributed by atoms with Gasteiger partial charge in [0.1, 0.15) is 11.8 Å². The fourth-order valence-electron chi connectivity index (χ4n) is 4.35. The number of halogens is 1. The summed E-state index contributed by atoms with van der Waals surface area (Å²) in [6, 6.07) is 22.1. The van der Waals surface area contributed by atoms with E-state index in [9.17, 15) is 15.0 Å². The number of amides is 1. The number of benzene rings is 3. The van der Waals surface area contributed by atoms with Crippen LogP contribution in [-0.2, 0) is 30.7 Å². The second-order valence-electron chi connectivity index (χ2n) is 8.57. The summed E-state index contributed by atoms with van der Waals surface area (Å²) in [5.41, 5.74) is 6.07. The number of fused-ring (bicyclic) bond motifs is 3. The summed E-state index contributed by atoms with van der Waals surface area (Å²) in [5.74, 6) is 0.00127. The van der Waals surface area contributed by atoms with Crippen molar-refractivity contribution in [2.75, 3.05) is 5.32 Å². The fourth-order valence-corrected chi connectivity index (χ4v) is 4.48. The van der Waals surface area contributed by atoms with Crippen LogP contribution in [0.2, 0.25) is 5.02 Å². The van der Waals surface area contributed by atoms with Crippen molar-refractivity contribution in [2.45, 2.75) is 32.0 Å². The molecule has 1 unspecified atom stereocenters. The molecule has 1 amide bonds. The van der Waals surface area contributed by atoms with Gasteiger partial charge in [0, 0.05) is 10.6 Å². The van der Waals surface area contributed by atoms with Gasteiger partial charge < -0.3 is 15.5 Å². The van der Waals surface area contributed by atoms with E-state index in [0.717, 1.165) is 34.4 Å². The SMILES string of the molecule is O=C(Cc1ccc(Cl)cc1)Nc1nc2c(nc1C(O)c1ccccc1)-c1ccc(CO)cc1CC2. The molecule has 7 heteroatoms. The van der Waals surface area contributed by atoms with Crippen molar-refractivity contribution < 1.29 is 15.0 Å². The molecule has 1 atom stereocenters. The third-order valence-electron chi connectivity index (χ3n) is 6.14. The van der Waals surface area contributed by atoms with Crippen molar-refractivity contribution in [1.29, 1.82) is 0 Å². The Morgan fingerprint density at radius 2 is 1.71 bits per heavy atom. The Morgan fingerprint density at radius 3 is 2.46 bits per heavy atom. The highest BCUT2D eigenvalue weighted by molar-refractivity contribution is 6.30. The Kier molecular flexibility index (Phi) is 6.59. The lowest BCUT2D eigenvalue weighted by molar-refractivity contribution is -0.115. The number of nitrogens with one attached hydrogen (secondary N) is 1. The summed E-state index contributed by atoms with van der Waals surface area (Å²) in [7, 11) is 0. The molecule has 1 heterocycles. The van der Waals surface area contributed by atoms with Crippen LogP contribution in [0.4, 0.5) is 5.82 Å². The van der Waals surface area contributed by atoms with Crippen LogP contribution in [0.3, 0.4) is 0 Å². The van der Waals surface area contributed by atoms with Crippen LogP contribution >= 0.6 is 11.6 Å². The van der Waals surface area contributed by atoms with E-state index in [4.69, 9.17) is 21.6 Å². The van der Waals surface area contributed by atoms with Gasteiger partial charge in [0.15, 0.2) is 5.82 Å². The summed E-state index contributed by atoms with van der Waals surface area (Å²) < 4.78 is 0. The van der Waals surface area contributed by atoms with Crippen LogP contribution in [0.25, 0.3) is 11.3 Å². The van der Waals surface area contributed by atoms with Gasteiger partial charge in [-0.05, 0) is 47.2 Å². The molecule has 176 valence electrons. The number of aromatic nitrogens is 2. The van der Waals surface area contributed by atoms with Crippen LogP contribution in [0, 0.1) is 0 Å². The summed E-state index contributed by atoms with van der Waals surface area (Å²) in [4.78, 5) is 22.5. The lowest BCUT2D eigenvalue weighted by Gasteiger charge is -2.23. The van der Waals surface area contributed by atoms with Gasteiger partial charge in [-0.15, -0.1) is 0 Å². The van der Waals surface area contributed by atoms with Gasteiger partial charge in [0.25, 0.3) is 0 Å². The monoisotopic (exact) mass is 485 g/mol. The van der Waals surface area contributed by atoms with Crippen LogP contribution in [-0.4, -0.2) is 26.1 Å². The van der Waals surface area contributed by atoms with Gasteiger partial charge in [-0.1, -0.05) is 72.3 Å². The third-order valence-corrected chi connectivity index (χ3v) is 6.40. The molecule has 0 saturated carbocycles. The maximum Gasteiger partial charge on any atom is 0.229 e. The zero-order valence-electron chi connectivity index (χ0n) is 18.9. The normalized spacial score (nSPS) is 13.0. The van der Waals surface area contributed by atoms with E-state index in [1.165, 1.54) is 0 Å². The molecular formula is C28H24ClN3O3. The van der Waals surface area contributed by atoms with Crippen molar-refractivity contribution in [2.24, 2.45) is 0 Å². The minimum Gasteiger partial charge on any atom is -0.392 e. The van der Waals surface area contributed by atoms with E-state index >= 15 is 0 Å². The maximum absolute atomic E-state index is 12.9. The van der Waals surface area contributed by atoms with E-state index in [0.29, 0.717) is 28.4 Å². The average Bonchev–Trinajstić information content (AvgIpc) is 2.89. The van der Waals surface area contributed by atoms with Crippen LogP contribution in [0.1, 0.15) is 39.7 Å². The summed E-state index contributed by atoms with van der Waals surface area (Å²) in [6.45, 7) is -0.0254. The quantitative estimate of drug-likeness (QED) is 0.369. The number of aliphatic hydroxyl groups is 2. The zero-order chi connectivity index (χ0) is 24.4. The molecule has 1 aromatic heterocycles. The highest BCUT2D eigenvalue weighted by Crippen LogP contribution is 2.36. The molecule has 0 saturated heterocycles. The van der Waals surface area contributed by atoms with E-state index in [2.05, 4.69) is 5.32 Å². The predicted octanol–water partition coefficient (Wildman–Crippen LogP) is 4.65. The number of anilines is 1. The molecule has 1 aliphatic carbocycles. The molecule has 0 spiro atoms. The number of aliphatic hydroxyl groups excluding tert-OH is 2. The second kappa shape index (κ2) is 9.96. The smallest absolute Gasteiger partial charge is 0.229 e. The maximum atomic E-state index is 12.9. The Bertz CT molecular complexity index is 1370. The summed E-state index contributed by atoms with van der Waals surface area (Å²) in [6.07, 6.45) is 0.473. The van der Waals surface area contributed by atoms with Crippen molar-refractivity contribution >= 4 is 23.3 Å². The van der Waals surface area contributed by atoms with Gasteiger partial charge in [-0.25, -0.2) is 9.97 Å². The molecule has 0 radical (unpaired) electrons. The zero-order valence-corrected chi connectivity index (χ0v) is 19.7. The van der Waals surface area contributed by atoms with Crippen molar-refractivity contribution in [1.82, 2.24) is 9.97 Å². The minimum absolute atomic E-state index is 0.0254. The van der Waals surface area contributed by atoms with Crippen LogP contribution in [0.15, 0.2) is 72.8 Å². The first-order valence-corrected chi connectivity index (χ1v) is 11.8. The lowest BCUT2D eigenvalue weighted by Crippen LogP contribution is -2.21. The van der Waals surface area contributed by atoms with Gasteiger partial charge in [0.2, 0.25) is 5.91 Å². The molecule has 1 aliphatic rings. The Labute approximate surface area is 208 Å². The van der Waals surface area contributed by atoms with E-state index in [1.807, 2.05) is 48.5 Å². The molecule has 3 aromatic carbocycles. The first-order chi connectivity index (χ1) is 17.0. The molecule has 35 heavy (non-hydrogen) atoms. The van der Waals surface area contributed by atoms with Crippen molar-refractivity contribution in [3.8, 4) is 11.3 Å². The van der Waals surface area contributed by atoms with Gasteiger partial charge in [-0.3, -0.25) is 4.79 Å². The highest BCUT2D eigenvalue weighted by Gasteiger charge is 2.26. The number of hydrogen-bond donors (Lipinski definition) is 3. The Hall–Kier alpha value is -3.58. The fraction of sp³-hybridized carbons (Fsp3) is 0.179. The molecule has 0 fully saturated rings. The molecule has 4 aromatic rings. The molecule has 6 nitrogen and oxygen atoms in total. The first-order valence-electron chi connectivity index (χ1n) is 11.4. The summed E-state index contributed by atoms with van der Waals surface area (Å²) >= 11 is 5.95. The van der Waals surface area contributed by atoms with E-state index in [-0.39, 0.29) is 24.8 Å². The van der Waals surface area contributed by atoms with Gasteiger partial charge in [-0.2, -0.15) is 0 Å². The van der Waals surface area contributed by atoms with Crippen LogP contribution in [0.5, 0.6) is 0 Å². The van der Waals surface area contributed by atoms with Gasteiger partial charge in [0.05, 0.1) is 24.4 Å². The summed E-state index contributed by atoms with van der Waals surface area (Å²) in [5, 5.41) is 24.2. The first kappa shape index (κ1) is 23.2. The Morgan fingerprint density at radius 1 is 0.971 bits per heavy atom. The topological polar surface area (TPSA) is 95.3 Å². The number of carbonyl (C=O) groups excluding carboxylic acids is 1. The van der Waals surface area contributed by atoms with Crippen molar-refractivity contribution in [3.05, 3.63) is 111 Å². The molecule has 5 rings (SSSR count). The molecular weight excluding hydrogens is 462 g/mol. The number of aryl methyl sites for hydroxylation is 2. The number of nitrogens with zero attached hydrogens (tertiary/aromatic N) is 2. The van der Waals surface area contributed by atoms with E-state index < -0.39 is 6.10 Å². The minimum atomic E-state index is -1.07. The highest BCUT2D eigenvalue weighted by atomic mass is 35.5. The van der Waals surface area contributed by atoms with Crippen LogP contribution < -0.4 is 5.32 Å². The Balaban J connectivity index is 1.54. The molecule has 0 aliphatic heterocycles. The number of hydrogen-bond acceptors (Lipinski definition) is 5. The predicted molar refractivity (Wildman–Crippen MR) is 135 cm³/mol. The standard InChI is InChI=1S/C28H24ClN3O3/c29-21-10-6-17(7-11-21)15-24(34)31-28-26(27(35)19-4-2-1-3-5-19)32-25-22-12-8-18(16-33)14-20(22)9-13-23(25)30-28/h1-8,10-12,14,27,33,35H,9,13,15-16H2,(H,30,31,34). The number of rotatable bonds is 6. The average molecular weight is 486 g/mol. The van der Waals surface area contributed by atoms with E-state index in [1.54, 1.807) is 24.3 Å². The number of carbonyl (C=O) groups is 1. The van der Waals surface area contributed by atoms with Gasteiger partial charge >= 0.3 is 0 Å². The molecule has 3 N–H and O–H groups in total. The molecule has 0 bridgehead atoms. The largest absolute Gasteiger partial charge is 0.392 e. The second-order valence-corrected chi connectivity index (χ2v) is 9.00.